The summed E-state index contributed by atoms with van der Waals surface area (Å²) in [6.45, 7) is 0. The van der Waals surface area contributed by atoms with Gasteiger partial charge in [0.25, 0.3) is 0 Å². The third kappa shape index (κ3) is 1.89. The van der Waals surface area contributed by atoms with E-state index < -0.39 is 5.82 Å². The zero-order valence-corrected chi connectivity index (χ0v) is 10.0. The molecule has 0 bridgehead atoms. The van der Waals surface area contributed by atoms with E-state index in [9.17, 15) is 4.39 Å². The molecule has 0 aliphatic rings. The van der Waals surface area contributed by atoms with E-state index in [1.54, 1.807) is 12.1 Å². The van der Waals surface area contributed by atoms with Gasteiger partial charge in [-0.25, -0.2) is 9.02 Å². The first-order valence-electron chi connectivity index (χ1n) is 5.57. The Morgan fingerprint density at radius 1 is 1.15 bits per heavy atom. The molecule has 0 amide bonds. The van der Waals surface area contributed by atoms with Gasteiger partial charge in [-0.05, 0) is 40.6 Å². The summed E-state index contributed by atoms with van der Waals surface area (Å²) in [5, 5.41) is 16.0. The molecule has 6 nitrogen and oxygen atoms in total. The summed E-state index contributed by atoms with van der Waals surface area (Å²) in [6, 6.07) is 8.85. The Kier molecular flexibility index (Phi) is 2.69. The van der Waals surface area contributed by atoms with Crippen LogP contribution in [0.2, 0.25) is 0 Å². The van der Waals surface area contributed by atoms with Crippen LogP contribution >= 0.6 is 0 Å². The molecular formula is C13H7FN4O2. The van der Waals surface area contributed by atoms with E-state index >= 15 is 0 Å². The third-order valence-corrected chi connectivity index (χ3v) is 2.69. The van der Waals surface area contributed by atoms with Crippen LogP contribution in [0.15, 0.2) is 35.0 Å². The molecule has 0 spiro atoms. The van der Waals surface area contributed by atoms with Crippen molar-refractivity contribution in [3.05, 3.63) is 41.7 Å². The summed E-state index contributed by atoms with van der Waals surface area (Å²) < 4.78 is 23.8. The second-order valence-corrected chi connectivity index (χ2v) is 3.97. The molecule has 1 heterocycles. The third-order valence-electron chi connectivity index (χ3n) is 2.69. The summed E-state index contributed by atoms with van der Waals surface area (Å²) >= 11 is 0. The van der Waals surface area contributed by atoms with Gasteiger partial charge in [0.15, 0.2) is 28.3 Å². The Morgan fingerprint density at radius 3 is 2.65 bits per heavy atom. The number of nitriles is 1. The lowest BCUT2D eigenvalue weighted by Crippen LogP contribution is -1.92. The van der Waals surface area contributed by atoms with E-state index in [2.05, 4.69) is 14.9 Å². The van der Waals surface area contributed by atoms with Gasteiger partial charge in [-0.3, -0.25) is 0 Å². The average molecular weight is 270 g/mol. The molecule has 0 fully saturated rings. The first-order chi connectivity index (χ1) is 9.69. The lowest BCUT2D eigenvalue weighted by molar-refractivity contribution is 0.314. The van der Waals surface area contributed by atoms with Crippen LogP contribution in [-0.2, 0) is 0 Å². The number of hydrogen-bond donors (Lipinski definition) is 1. The van der Waals surface area contributed by atoms with Crippen LogP contribution in [0.25, 0.3) is 11.0 Å². The highest BCUT2D eigenvalue weighted by Gasteiger charge is 2.13. The van der Waals surface area contributed by atoms with Gasteiger partial charge in [0.1, 0.15) is 0 Å². The molecule has 20 heavy (non-hydrogen) atoms. The fourth-order valence-corrected chi connectivity index (χ4v) is 1.72. The van der Waals surface area contributed by atoms with Crippen molar-refractivity contribution in [2.45, 2.75) is 0 Å². The average Bonchev–Trinajstić information content (AvgIpc) is 2.94. The highest BCUT2D eigenvalue weighted by atomic mass is 19.1. The SMILES string of the molecule is N#Cc1ccc(Oc2ccc(N)c3nonc23)c(F)c1. The van der Waals surface area contributed by atoms with Crippen LogP contribution in [0.4, 0.5) is 10.1 Å². The van der Waals surface area contributed by atoms with E-state index in [-0.39, 0.29) is 17.1 Å². The Bertz CT molecular complexity index is 838. The standard InChI is InChI=1S/C13H7FN4O2/c14-8-5-7(6-15)1-3-10(8)19-11-4-2-9(16)12-13(11)18-20-17-12/h1-5H,16H2. The minimum atomic E-state index is -0.648. The van der Waals surface area contributed by atoms with Crippen molar-refractivity contribution in [3.63, 3.8) is 0 Å². The summed E-state index contributed by atoms with van der Waals surface area (Å²) in [7, 11) is 0. The number of hydrogen-bond acceptors (Lipinski definition) is 6. The molecule has 0 aliphatic heterocycles. The zero-order valence-electron chi connectivity index (χ0n) is 10.0. The molecule has 2 aromatic carbocycles. The number of nitrogen functional groups attached to an aromatic ring is 1. The monoisotopic (exact) mass is 270 g/mol. The molecule has 0 saturated carbocycles. The number of ether oxygens (including phenoxy) is 1. The highest BCUT2D eigenvalue weighted by molar-refractivity contribution is 5.90. The van der Waals surface area contributed by atoms with Crippen LogP contribution < -0.4 is 10.5 Å². The van der Waals surface area contributed by atoms with Gasteiger partial charge < -0.3 is 10.5 Å². The maximum atomic E-state index is 13.8. The first-order valence-corrected chi connectivity index (χ1v) is 5.57. The molecule has 0 unspecified atom stereocenters. The molecule has 0 saturated heterocycles. The Hall–Kier alpha value is -3.14. The van der Waals surface area contributed by atoms with Gasteiger partial charge in [-0.15, -0.1) is 0 Å². The molecule has 3 rings (SSSR count). The van der Waals surface area contributed by atoms with E-state index in [1.807, 2.05) is 6.07 Å². The Labute approximate surface area is 112 Å². The van der Waals surface area contributed by atoms with Crippen molar-refractivity contribution in [3.8, 4) is 17.6 Å². The van der Waals surface area contributed by atoms with Gasteiger partial charge in [-0.2, -0.15) is 5.26 Å². The molecule has 98 valence electrons. The normalized spacial score (nSPS) is 10.4. The second-order valence-electron chi connectivity index (χ2n) is 3.97. The molecule has 0 radical (unpaired) electrons. The fourth-order valence-electron chi connectivity index (χ4n) is 1.72. The topological polar surface area (TPSA) is 98.0 Å². The van der Waals surface area contributed by atoms with Crippen LogP contribution in [0, 0.1) is 17.1 Å². The lowest BCUT2D eigenvalue weighted by Gasteiger charge is -2.07. The molecule has 3 aromatic rings. The first kappa shape index (κ1) is 11.9. The molecule has 0 atom stereocenters. The van der Waals surface area contributed by atoms with Crippen LogP contribution in [0.1, 0.15) is 5.56 Å². The number of aromatic nitrogens is 2. The zero-order chi connectivity index (χ0) is 14.1. The predicted octanol–water partition coefficient (Wildman–Crippen LogP) is 2.61. The van der Waals surface area contributed by atoms with Crippen molar-refractivity contribution in [1.82, 2.24) is 10.3 Å². The molecular weight excluding hydrogens is 263 g/mol. The number of nitrogens with zero attached hydrogens (tertiary/aromatic N) is 3. The summed E-state index contributed by atoms with van der Waals surface area (Å²) in [4.78, 5) is 0. The summed E-state index contributed by atoms with van der Waals surface area (Å²) in [6.07, 6.45) is 0. The van der Waals surface area contributed by atoms with E-state index in [1.165, 1.54) is 12.1 Å². The minimum absolute atomic E-state index is 0.0296. The number of anilines is 1. The smallest absolute Gasteiger partial charge is 0.179 e. The quantitative estimate of drug-likeness (QED) is 0.719. The molecule has 0 aliphatic carbocycles. The second kappa shape index (κ2) is 4.51. The van der Waals surface area contributed by atoms with Gasteiger partial charge >= 0.3 is 0 Å². The van der Waals surface area contributed by atoms with Crippen LogP contribution in [-0.4, -0.2) is 10.3 Å². The highest BCUT2D eigenvalue weighted by Crippen LogP contribution is 2.32. The Morgan fingerprint density at radius 2 is 1.90 bits per heavy atom. The fraction of sp³-hybridized carbons (Fsp3) is 0. The predicted molar refractivity (Wildman–Crippen MR) is 67.4 cm³/mol. The number of nitrogens with two attached hydrogens (primary N) is 1. The largest absolute Gasteiger partial charge is 0.452 e. The number of fused-ring (bicyclic) bond motifs is 1. The maximum Gasteiger partial charge on any atom is 0.179 e. The molecule has 7 heteroatoms. The minimum Gasteiger partial charge on any atom is -0.452 e. The van der Waals surface area contributed by atoms with Gasteiger partial charge in [-0.1, -0.05) is 0 Å². The maximum absolute atomic E-state index is 13.8. The molecule has 2 N–H and O–H groups in total. The summed E-state index contributed by atoms with van der Waals surface area (Å²) in [5.74, 6) is -0.414. The van der Waals surface area contributed by atoms with Crippen molar-refractivity contribution < 1.29 is 13.8 Å². The van der Waals surface area contributed by atoms with Crippen molar-refractivity contribution >= 4 is 16.7 Å². The lowest BCUT2D eigenvalue weighted by atomic mass is 10.2. The number of rotatable bonds is 2. The Balaban J connectivity index is 2.04. The van der Waals surface area contributed by atoms with E-state index in [0.717, 1.165) is 6.07 Å². The van der Waals surface area contributed by atoms with Crippen LogP contribution in [0.5, 0.6) is 11.5 Å². The number of benzene rings is 2. The van der Waals surface area contributed by atoms with Crippen molar-refractivity contribution in [2.24, 2.45) is 0 Å². The van der Waals surface area contributed by atoms with Crippen LogP contribution in [0.3, 0.4) is 0 Å². The summed E-state index contributed by atoms with van der Waals surface area (Å²) in [5.41, 5.74) is 6.94. The van der Waals surface area contributed by atoms with E-state index in [0.29, 0.717) is 16.7 Å². The molecule has 1 aromatic heterocycles. The van der Waals surface area contributed by atoms with E-state index in [4.69, 9.17) is 15.7 Å². The van der Waals surface area contributed by atoms with Gasteiger partial charge in [0.2, 0.25) is 0 Å². The van der Waals surface area contributed by atoms with Gasteiger partial charge in [0.05, 0.1) is 17.3 Å². The van der Waals surface area contributed by atoms with Crippen molar-refractivity contribution in [2.75, 3.05) is 5.73 Å². The van der Waals surface area contributed by atoms with Crippen molar-refractivity contribution in [1.29, 1.82) is 5.26 Å². The number of halogens is 1. The van der Waals surface area contributed by atoms with Gasteiger partial charge in [0, 0.05) is 0 Å².